The quantitative estimate of drug-likeness (QED) is 0.121. The zero-order valence-electron chi connectivity index (χ0n) is 34.9. The van der Waals surface area contributed by atoms with Crippen molar-refractivity contribution in [3.8, 4) is 39.5 Å². The van der Waals surface area contributed by atoms with Crippen LogP contribution in [0.25, 0.3) is 44.7 Å². The van der Waals surface area contributed by atoms with E-state index in [4.69, 9.17) is 24.2 Å². The smallest absolute Gasteiger partial charge is 0.407 e. The summed E-state index contributed by atoms with van der Waals surface area (Å²) in [7, 11) is 2.58. The van der Waals surface area contributed by atoms with Gasteiger partial charge >= 0.3 is 12.2 Å². The van der Waals surface area contributed by atoms with Gasteiger partial charge in [0.1, 0.15) is 36.1 Å². The van der Waals surface area contributed by atoms with E-state index in [2.05, 4.69) is 61.6 Å². The van der Waals surface area contributed by atoms with Gasteiger partial charge in [0.05, 0.1) is 62.3 Å². The summed E-state index contributed by atoms with van der Waals surface area (Å²) in [5, 5.41) is 6.50. The number of carbonyl (C=O) groups is 4. The summed E-state index contributed by atoms with van der Waals surface area (Å²) >= 11 is 0. The van der Waals surface area contributed by atoms with E-state index >= 15 is 0 Å². The zero-order valence-corrected chi connectivity index (χ0v) is 34.9. The summed E-state index contributed by atoms with van der Waals surface area (Å²) in [5.74, 6) is 1.67. The second-order valence-corrected chi connectivity index (χ2v) is 16.5. The van der Waals surface area contributed by atoms with Gasteiger partial charge in [-0.2, -0.15) is 0 Å². The largest absolute Gasteiger partial charge is 0.491 e. The van der Waals surface area contributed by atoms with Crippen molar-refractivity contribution in [2.24, 2.45) is 11.8 Å². The van der Waals surface area contributed by atoms with Crippen molar-refractivity contribution in [3.63, 3.8) is 0 Å². The van der Waals surface area contributed by atoms with Gasteiger partial charge in [0.2, 0.25) is 11.8 Å². The molecule has 16 heteroatoms. The number of nitrogens with one attached hydrogen (secondary N) is 4. The summed E-state index contributed by atoms with van der Waals surface area (Å²) in [6, 6.07) is 12.9. The summed E-state index contributed by atoms with van der Waals surface area (Å²) in [4.78, 5) is 71.5. The minimum atomic E-state index is -0.704. The van der Waals surface area contributed by atoms with E-state index in [1.165, 1.54) is 14.2 Å². The lowest BCUT2D eigenvalue weighted by molar-refractivity contribution is -0.136. The number of likely N-dealkylation sites (tertiary alicyclic amines) is 2. The van der Waals surface area contributed by atoms with Gasteiger partial charge in [-0.3, -0.25) is 9.59 Å². The second kappa shape index (κ2) is 16.7. The van der Waals surface area contributed by atoms with Gasteiger partial charge in [-0.25, -0.2) is 19.6 Å². The van der Waals surface area contributed by atoms with Crippen LogP contribution in [-0.4, -0.2) is 104 Å². The summed E-state index contributed by atoms with van der Waals surface area (Å²) < 4.78 is 18.2. The molecule has 0 saturated carbocycles. The Hall–Kier alpha value is -6.32. The van der Waals surface area contributed by atoms with Gasteiger partial charge in [-0.05, 0) is 67.9 Å². The number of carbonyl (C=O) groups excluding carboxylic acids is 4. The van der Waals surface area contributed by atoms with Crippen LogP contribution < -0.4 is 15.4 Å². The molecule has 2 fully saturated rings. The van der Waals surface area contributed by atoms with E-state index in [-0.39, 0.29) is 35.7 Å². The molecule has 0 spiro atoms. The molecular formula is C44H53N9O7. The van der Waals surface area contributed by atoms with Crippen molar-refractivity contribution >= 4 is 34.9 Å². The van der Waals surface area contributed by atoms with Gasteiger partial charge < -0.3 is 49.2 Å². The third-order valence-corrected chi connectivity index (χ3v) is 12.0. The van der Waals surface area contributed by atoms with Crippen LogP contribution >= 0.6 is 0 Å². The molecule has 3 aliphatic rings. The summed E-state index contributed by atoms with van der Waals surface area (Å²) in [6.45, 7) is 9.94. The number of amides is 4. The number of hydrogen-bond acceptors (Lipinski definition) is 9. The number of alkyl carbamates (subject to hydrolysis) is 2. The SMILES string of the molecule is COC(=O)N[C@H](C(=O)N1CCCC1c1ncc(-c2ccc3c(c2)OCCn2c-3cc3cc(-c4cnc([C@@H]5CCCN5C(=O)[C@@H](NC(=O)OC)C(C)C)[nH]4)ccc32)[nH]1)C(C)C. The molecule has 6 heterocycles. The van der Waals surface area contributed by atoms with Crippen LogP contribution in [0.15, 0.2) is 54.9 Å². The molecule has 2 aromatic carbocycles. The van der Waals surface area contributed by atoms with E-state index in [0.717, 1.165) is 81.9 Å². The number of hydrogen-bond donors (Lipinski definition) is 4. The maximum Gasteiger partial charge on any atom is 0.407 e. The number of aromatic amines is 2. The molecule has 0 radical (unpaired) electrons. The molecule has 0 aliphatic carbocycles. The highest BCUT2D eigenvalue weighted by Crippen LogP contribution is 2.41. The Kier molecular flexibility index (Phi) is 11.3. The van der Waals surface area contributed by atoms with E-state index in [9.17, 15) is 19.2 Å². The number of aromatic nitrogens is 5. The molecule has 8 rings (SSSR count). The molecular weight excluding hydrogens is 767 g/mol. The van der Waals surface area contributed by atoms with E-state index in [1.54, 1.807) is 6.20 Å². The van der Waals surface area contributed by atoms with Crippen molar-refractivity contribution < 1.29 is 33.4 Å². The Morgan fingerprint density at radius 1 is 0.733 bits per heavy atom. The van der Waals surface area contributed by atoms with E-state index < -0.39 is 24.3 Å². The maximum absolute atomic E-state index is 13.7. The van der Waals surface area contributed by atoms with Crippen LogP contribution in [-0.2, 0) is 25.6 Å². The fourth-order valence-corrected chi connectivity index (χ4v) is 8.86. The number of fused-ring (bicyclic) bond motifs is 5. The molecule has 3 aromatic heterocycles. The lowest BCUT2D eigenvalue weighted by atomic mass is 10.0. The monoisotopic (exact) mass is 819 g/mol. The Balaban J connectivity index is 1.01. The van der Waals surface area contributed by atoms with Gasteiger partial charge in [0, 0.05) is 40.7 Å². The molecule has 3 aliphatic heterocycles. The molecule has 16 nitrogen and oxygen atoms in total. The average Bonchev–Trinajstić information content (AvgIpc) is 4.10. The van der Waals surface area contributed by atoms with Crippen molar-refractivity contribution in [1.82, 2.24) is 44.9 Å². The molecule has 0 bridgehead atoms. The first-order valence-corrected chi connectivity index (χ1v) is 20.8. The summed E-state index contributed by atoms with van der Waals surface area (Å²) in [6.07, 6.45) is 5.57. The normalized spacial score (nSPS) is 18.5. The van der Waals surface area contributed by atoms with Crippen LogP contribution in [0.4, 0.5) is 9.59 Å². The number of nitrogens with zero attached hydrogens (tertiary/aromatic N) is 5. The fourth-order valence-electron chi connectivity index (χ4n) is 8.86. The topological polar surface area (TPSA) is 189 Å². The molecule has 60 heavy (non-hydrogen) atoms. The predicted octanol–water partition coefficient (Wildman–Crippen LogP) is 6.57. The van der Waals surface area contributed by atoms with Crippen LogP contribution in [0.3, 0.4) is 0 Å². The van der Waals surface area contributed by atoms with E-state index in [1.807, 2.05) is 49.8 Å². The average molecular weight is 820 g/mol. The van der Waals surface area contributed by atoms with Crippen LogP contribution in [0.2, 0.25) is 0 Å². The Morgan fingerprint density at radius 2 is 1.27 bits per heavy atom. The van der Waals surface area contributed by atoms with Crippen LogP contribution in [0.5, 0.6) is 5.75 Å². The maximum atomic E-state index is 13.7. The molecule has 316 valence electrons. The highest BCUT2D eigenvalue weighted by molar-refractivity contribution is 5.92. The van der Waals surface area contributed by atoms with E-state index in [0.29, 0.717) is 32.1 Å². The third-order valence-electron chi connectivity index (χ3n) is 12.0. The highest BCUT2D eigenvalue weighted by Gasteiger charge is 2.39. The fraction of sp³-hybridized carbons (Fsp3) is 0.455. The number of H-pyrrole nitrogens is 2. The van der Waals surface area contributed by atoms with Crippen LogP contribution in [0, 0.1) is 11.8 Å². The van der Waals surface area contributed by atoms with Crippen molar-refractivity contribution in [2.45, 2.75) is 84.1 Å². The molecule has 4 amide bonds. The summed E-state index contributed by atoms with van der Waals surface area (Å²) in [5.41, 5.74) is 6.70. The van der Waals surface area contributed by atoms with Gasteiger partial charge in [-0.1, -0.05) is 39.8 Å². The number of methoxy groups -OCH3 is 2. The molecule has 2 saturated heterocycles. The lowest BCUT2D eigenvalue weighted by Crippen LogP contribution is -2.51. The number of ether oxygens (including phenoxy) is 3. The minimum Gasteiger partial charge on any atom is -0.491 e. The lowest BCUT2D eigenvalue weighted by Gasteiger charge is -2.30. The minimum absolute atomic E-state index is 0.115. The Morgan fingerprint density at radius 3 is 1.80 bits per heavy atom. The number of rotatable bonds is 10. The van der Waals surface area contributed by atoms with Gasteiger partial charge in [-0.15, -0.1) is 0 Å². The highest BCUT2D eigenvalue weighted by atomic mass is 16.5. The first kappa shape index (κ1) is 40.5. The second-order valence-electron chi connectivity index (χ2n) is 16.5. The molecule has 5 aromatic rings. The number of benzene rings is 2. The Bertz CT molecular complexity index is 2410. The predicted molar refractivity (Wildman–Crippen MR) is 224 cm³/mol. The third kappa shape index (κ3) is 7.66. The first-order valence-electron chi connectivity index (χ1n) is 20.8. The molecule has 1 unspecified atom stereocenters. The Labute approximate surface area is 348 Å². The standard InChI is InChI=1S/C44H53N9O7/c1-24(2)37(49-43(56)58-5)41(54)52-15-7-9-33(52)39-45-22-30(47-39)26-12-14-32-28(19-26)20-35-29-13-11-27(21-36(29)60-18-17-51(32)35)31-23-46-40(48-31)34-10-8-16-53(34)42(55)38(25(3)4)50-44(57)59-6/h11-14,19-25,33-34,37-38H,7-10,15-18H2,1-6H3,(H,45,47)(H,46,48)(H,49,56)(H,50,57)/t33-,34?,37-,38-/m0/s1. The van der Waals surface area contributed by atoms with Crippen molar-refractivity contribution in [2.75, 3.05) is 33.9 Å². The van der Waals surface area contributed by atoms with Crippen molar-refractivity contribution in [1.29, 1.82) is 0 Å². The molecule has 4 N–H and O–H groups in total. The molecule has 4 atom stereocenters. The first-order chi connectivity index (χ1) is 28.9. The van der Waals surface area contributed by atoms with Gasteiger partial charge in [0.15, 0.2) is 0 Å². The van der Waals surface area contributed by atoms with Crippen LogP contribution in [0.1, 0.15) is 77.1 Å². The van der Waals surface area contributed by atoms with Crippen molar-refractivity contribution in [3.05, 3.63) is 66.5 Å². The number of imidazole rings is 2. The van der Waals surface area contributed by atoms with Gasteiger partial charge in [0.25, 0.3) is 0 Å². The zero-order chi connectivity index (χ0) is 42.2.